The number of hydrogen-bond acceptors (Lipinski definition) is 1. The van der Waals surface area contributed by atoms with Crippen LogP contribution in [0.25, 0.3) is 0 Å². The average Bonchev–Trinajstić information content (AvgIpc) is 2.41. The predicted octanol–water partition coefficient (Wildman–Crippen LogP) is 4.25. The Bertz CT molecular complexity index is 513. The fraction of sp³-hybridized carbons (Fsp3) is 0.200. The van der Waals surface area contributed by atoms with Crippen LogP contribution in [-0.4, -0.2) is 5.11 Å². The van der Waals surface area contributed by atoms with Crippen LogP contribution in [0.4, 0.5) is 4.39 Å². The number of aliphatic hydroxyl groups excluding tert-OH is 1. The van der Waals surface area contributed by atoms with Gasteiger partial charge in [-0.15, -0.1) is 0 Å². The second kappa shape index (κ2) is 6.12. The molecule has 0 aliphatic rings. The maximum atomic E-state index is 13.7. The van der Waals surface area contributed by atoms with Gasteiger partial charge in [-0.3, -0.25) is 0 Å². The highest BCUT2D eigenvalue weighted by Gasteiger charge is 2.10. The van der Waals surface area contributed by atoms with Crippen LogP contribution in [-0.2, 0) is 6.42 Å². The maximum absolute atomic E-state index is 13.7. The number of aryl methyl sites for hydroxylation is 1. The van der Waals surface area contributed by atoms with E-state index in [-0.39, 0.29) is 5.82 Å². The number of halogens is 2. The van der Waals surface area contributed by atoms with Gasteiger partial charge in [-0.2, -0.15) is 0 Å². The standard InChI is InChI=1S/C15H14BrFO/c16-13-8-4-7-12(15(13)17)9-10-14(18)11-5-2-1-3-6-11/h1-8,14,18H,9-10H2. The Morgan fingerprint density at radius 1 is 1.06 bits per heavy atom. The van der Waals surface area contributed by atoms with Crippen LogP contribution in [0.2, 0.25) is 0 Å². The van der Waals surface area contributed by atoms with Crippen molar-refractivity contribution in [3.63, 3.8) is 0 Å². The van der Waals surface area contributed by atoms with Crippen molar-refractivity contribution in [2.24, 2.45) is 0 Å². The molecule has 0 saturated carbocycles. The minimum atomic E-state index is -0.551. The van der Waals surface area contributed by atoms with E-state index >= 15 is 0 Å². The van der Waals surface area contributed by atoms with Crippen molar-refractivity contribution in [3.05, 3.63) is 69.9 Å². The van der Waals surface area contributed by atoms with Crippen LogP contribution in [0.15, 0.2) is 53.0 Å². The number of benzene rings is 2. The minimum absolute atomic E-state index is 0.238. The molecule has 0 saturated heterocycles. The molecule has 0 aliphatic heterocycles. The summed E-state index contributed by atoms with van der Waals surface area (Å²) in [5.41, 5.74) is 1.49. The third-order valence-electron chi connectivity index (χ3n) is 2.90. The highest BCUT2D eigenvalue weighted by Crippen LogP contribution is 2.23. The van der Waals surface area contributed by atoms with Crippen molar-refractivity contribution in [1.29, 1.82) is 0 Å². The first-order valence-corrected chi connectivity index (χ1v) is 6.63. The lowest BCUT2D eigenvalue weighted by atomic mass is 10.0. The largest absolute Gasteiger partial charge is 0.388 e. The van der Waals surface area contributed by atoms with Crippen molar-refractivity contribution in [2.75, 3.05) is 0 Å². The van der Waals surface area contributed by atoms with Gasteiger partial charge in [0.05, 0.1) is 10.6 Å². The smallest absolute Gasteiger partial charge is 0.140 e. The van der Waals surface area contributed by atoms with Gasteiger partial charge in [0, 0.05) is 0 Å². The van der Waals surface area contributed by atoms with Crippen LogP contribution >= 0.6 is 15.9 Å². The van der Waals surface area contributed by atoms with Gasteiger partial charge in [0.15, 0.2) is 0 Å². The Labute approximate surface area is 114 Å². The van der Waals surface area contributed by atoms with Crippen molar-refractivity contribution in [3.8, 4) is 0 Å². The van der Waals surface area contributed by atoms with Gasteiger partial charge in [0.1, 0.15) is 5.82 Å². The van der Waals surface area contributed by atoms with Crippen LogP contribution in [0.3, 0.4) is 0 Å². The van der Waals surface area contributed by atoms with Crippen molar-refractivity contribution in [1.82, 2.24) is 0 Å². The molecule has 94 valence electrons. The van der Waals surface area contributed by atoms with E-state index in [2.05, 4.69) is 15.9 Å². The van der Waals surface area contributed by atoms with E-state index in [1.807, 2.05) is 30.3 Å². The fourth-order valence-electron chi connectivity index (χ4n) is 1.88. The van der Waals surface area contributed by atoms with Crippen LogP contribution in [0, 0.1) is 5.82 Å². The average molecular weight is 309 g/mol. The Morgan fingerprint density at radius 2 is 1.78 bits per heavy atom. The SMILES string of the molecule is OC(CCc1cccc(Br)c1F)c1ccccc1. The summed E-state index contributed by atoms with van der Waals surface area (Å²) in [5, 5.41) is 10.0. The van der Waals surface area contributed by atoms with Crippen LogP contribution in [0.5, 0.6) is 0 Å². The first-order valence-electron chi connectivity index (χ1n) is 5.84. The highest BCUT2D eigenvalue weighted by molar-refractivity contribution is 9.10. The molecule has 0 spiro atoms. The highest BCUT2D eigenvalue weighted by atomic mass is 79.9. The Kier molecular flexibility index (Phi) is 4.50. The summed E-state index contributed by atoms with van der Waals surface area (Å²) < 4.78 is 14.2. The van der Waals surface area contributed by atoms with Gasteiger partial charge in [-0.1, -0.05) is 42.5 Å². The van der Waals surface area contributed by atoms with Crippen molar-refractivity contribution < 1.29 is 9.50 Å². The third-order valence-corrected chi connectivity index (χ3v) is 3.52. The third kappa shape index (κ3) is 3.18. The molecule has 0 fully saturated rings. The van der Waals surface area contributed by atoms with E-state index in [1.165, 1.54) is 0 Å². The second-order valence-electron chi connectivity index (χ2n) is 4.18. The molecule has 0 heterocycles. The van der Waals surface area contributed by atoms with E-state index in [0.29, 0.717) is 22.9 Å². The molecule has 0 aromatic heterocycles. The zero-order chi connectivity index (χ0) is 13.0. The molecule has 1 N–H and O–H groups in total. The monoisotopic (exact) mass is 308 g/mol. The van der Waals surface area contributed by atoms with Gasteiger partial charge in [0.2, 0.25) is 0 Å². The van der Waals surface area contributed by atoms with Crippen LogP contribution in [0.1, 0.15) is 23.7 Å². The van der Waals surface area contributed by atoms with Crippen molar-refractivity contribution >= 4 is 15.9 Å². The minimum Gasteiger partial charge on any atom is -0.388 e. The van der Waals surface area contributed by atoms with Crippen molar-refractivity contribution in [2.45, 2.75) is 18.9 Å². The van der Waals surface area contributed by atoms with E-state index < -0.39 is 6.10 Å². The van der Waals surface area contributed by atoms with E-state index in [0.717, 1.165) is 5.56 Å². The quantitative estimate of drug-likeness (QED) is 0.895. The maximum Gasteiger partial charge on any atom is 0.140 e. The van der Waals surface area contributed by atoms with E-state index in [4.69, 9.17) is 0 Å². The molecule has 0 radical (unpaired) electrons. The summed E-state index contributed by atoms with van der Waals surface area (Å²) in [6.45, 7) is 0. The number of hydrogen-bond donors (Lipinski definition) is 1. The molecule has 1 atom stereocenters. The summed E-state index contributed by atoms with van der Waals surface area (Å²) in [5.74, 6) is -0.238. The molecule has 0 bridgehead atoms. The van der Waals surface area contributed by atoms with Gasteiger partial charge in [-0.05, 0) is 46.0 Å². The second-order valence-corrected chi connectivity index (χ2v) is 5.03. The summed E-state index contributed by atoms with van der Waals surface area (Å²) in [7, 11) is 0. The van der Waals surface area contributed by atoms with Gasteiger partial charge >= 0.3 is 0 Å². The molecule has 3 heteroatoms. The lowest BCUT2D eigenvalue weighted by Gasteiger charge is -2.11. The van der Waals surface area contributed by atoms with E-state index in [1.54, 1.807) is 18.2 Å². The lowest BCUT2D eigenvalue weighted by Crippen LogP contribution is -2.01. The number of aliphatic hydroxyl groups is 1. The lowest BCUT2D eigenvalue weighted by molar-refractivity contribution is 0.167. The van der Waals surface area contributed by atoms with Gasteiger partial charge in [0.25, 0.3) is 0 Å². The summed E-state index contributed by atoms with van der Waals surface area (Å²) in [6, 6.07) is 14.7. The first kappa shape index (κ1) is 13.2. The predicted molar refractivity (Wildman–Crippen MR) is 73.8 cm³/mol. The topological polar surface area (TPSA) is 20.2 Å². The summed E-state index contributed by atoms with van der Waals surface area (Å²) in [4.78, 5) is 0. The Morgan fingerprint density at radius 3 is 2.50 bits per heavy atom. The summed E-state index contributed by atoms with van der Waals surface area (Å²) in [6.07, 6.45) is 0.475. The molecule has 1 unspecified atom stereocenters. The zero-order valence-electron chi connectivity index (χ0n) is 9.81. The van der Waals surface area contributed by atoms with E-state index in [9.17, 15) is 9.50 Å². The van der Waals surface area contributed by atoms with Gasteiger partial charge in [-0.25, -0.2) is 4.39 Å². The molecule has 2 aromatic rings. The summed E-state index contributed by atoms with van der Waals surface area (Å²) >= 11 is 3.16. The molecular formula is C15H14BrFO. The zero-order valence-corrected chi connectivity index (χ0v) is 11.4. The Balaban J connectivity index is 2.02. The van der Waals surface area contributed by atoms with Gasteiger partial charge < -0.3 is 5.11 Å². The molecular weight excluding hydrogens is 295 g/mol. The molecule has 2 rings (SSSR count). The molecule has 0 aliphatic carbocycles. The molecule has 0 amide bonds. The first-order chi connectivity index (χ1) is 8.68. The van der Waals surface area contributed by atoms with Crippen LogP contribution < -0.4 is 0 Å². The Hall–Kier alpha value is -1.19. The fourth-order valence-corrected chi connectivity index (χ4v) is 2.28. The normalized spacial score (nSPS) is 12.4. The molecule has 2 aromatic carbocycles. The number of rotatable bonds is 4. The molecule has 18 heavy (non-hydrogen) atoms. The molecule has 1 nitrogen and oxygen atoms in total.